The second-order valence-corrected chi connectivity index (χ2v) is 3.74. The highest BCUT2D eigenvalue weighted by Crippen LogP contribution is 2.22. The number of hydrogen-bond donors (Lipinski definition) is 3. The maximum Gasteiger partial charge on any atom is 0.338 e. The molecule has 0 aromatic heterocycles. The summed E-state index contributed by atoms with van der Waals surface area (Å²) in [7, 11) is 0. The lowest BCUT2D eigenvalue weighted by molar-refractivity contribution is -0.164. The fraction of sp³-hybridized carbons (Fsp3) is 0.889. The Kier molecular flexibility index (Phi) is 4.04. The summed E-state index contributed by atoms with van der Waals surface area (Å²) in [5.74, 6) is -0.729. The van der Waals surface area contributed by atoms with E-state index in [4.69, 9.17) is 14.6 Å². The predicted octanol–water partition coefficient (Wildman–Crippen LogP) is -1.58. The van der Waals surface area contributed by atoms with E-state index in [1.165, 1.54) is 0 Å². The lowest BCUT2D eigenvalue weighted by Crippen LogP contribution is -2.38. The summed E-state index contributed by atoms with van der Waals surface area (Å²) < 4.78 is 9.80. The number of aliphatic hydroxyl groups excluding tert-OH is 3. The normalized spacial score (nSPS) is 35.9. The van der Waals surface area contributed by atoms with Crippen LogP contribution in [0.2, 0.25) is 0 Å². The van der Waals surface area contributed by atoms with Gasteiger partial charge in [0.05, 0.1) is 12.7 Å². The predicted molar refractivity (Wildman–Crippen MR) is 49.0 cm³/mol. The van der Waals surface area contributed by atoms with Crippen LogP contribution in [0.15, 0.2) is 0 Å². The average Bonchev–Trinajstić information content (AvgIpc) is 2.43. The van der Waals surface area contributed by atoms with Gasteiger partial charge in [0.15, 0.2) is 6.10 Å². The van der Waals surface area contributed by atoms with Crippen molar-refractivity contribution in [2.45, 2.75) is 44.4 Å². The van der Waals surface area contributed by atoms with Crippen LogP contribution in [0.3, 0.4) is 0 Å². The fourth-order valence-electron chi connectivity index (χ4n) is 1.39. The van der Waals surface area contributed by atoms with Crippen molar-refractivity contribution in [1.29, 1.82) is 0 Å². The molecule has 0 aromatic rings. The molecular weight excluding hydrogens is 204 g/mol. The van der Waals surface area contributed by atoms with Crippen LogP contribution in [0.4, 0.5) is 0 Å². The Bertz CT molecular complexity index is 229. The molecule has 15 heavy (non-hydrogen) atoms. The van der Waals surface area contributed by atoms with Crippen LogP contribution < -0.4 is 0 Å². The molecule has 0 bridgehead atoms. The molecule has 0 aliphatic carbocycles. The van der Waals surface area contributed by atoms with Gasteiger partial charge >= 0.3 is 5.97 Å². The number of aliphatic hydroxyl groups is 3. The molecule has 6 heteroatoms. The number of carbonyl (C=O) groups excluding carboxylic acids is 1. The number of rotatable bonds is 3. The van der Waals surface area contributed by atoms with Crippen molar-refractivity contribution in [3.8, 4) is 0 Å². The van der Waals surface area contributed by atoms with Gasteiger partial charge in [-0.3, -0.25) is 0 Å². The molecule has 0 unspecified atom stereocenters. The third kappa shape index (κ3) is 2.66. The van der Waals surface area contributed by atoms with Gasteiger partial charge < -0.3 is 24.8 Å². The summed E-state index contributed by atoms with van der Waals surface area (Å²) in [6, 6.07) is 0. The summed E-state index contributed by atoms with van der Waals surface area (Å²) in [4.78, 5) is 11.4. The minimum Gasteiger partial charge on any atom is -0.461 e. The van der Waals surface area contributed by atoms with Gasteiger partial charge in [0.1, 0.15) is 18.3 Å². The molecule has 1 aliphatic rings. The molecule has 88 valence electrons. The molecule has 0 aromatic carbocycles. The Labute approximate surface area is 87.4 Å². The SMILES string of the molecule is CC(C)OC(=O)[C@H]1O[C@H](CO)[C@@H](O)[C@@H]1O. The Balaban J connectivity index is 2.60. The van der Waals surface area contributed by atoms with Crippen LogP contribution in [-0.4, -0.2) is 58.4 Å². The van der Waals surface area contributed by atoms with Crippen molar-refractivity contribution in [2.75, 3.05) is 6.61 Å². The first kappa shape index (κ1) is 12.4. The maximum atomic E-state index is 11.4. The third-order valence-corrected chi connectivity index (χ3v) is 2.13. The van der Waals surface area contributed by atoms with Crippen LogP contribution >= 0.6 is 0 Å². The molecule has 0 amide bonds. The third-order valence-electron chi connectivity index (χ3n) is 2.13. The van der Waals surface area contributed by atoms with Crippen LogP contribution in [-0.2, 0) is 14.3 Å². The number of carbonyl (C=O) groups is 1. The van der Waals surface area contributed by atoms with Crippen LogP contribution in [0, 0.1) is 0 Å². The molecule has 1 saturated heterocycles. The van der Waals surface area contributed by atoms with Crippen molar-refractivity contribution in [1.82, 2.24) is 0 Å². The highest BCUT2D eigenvalue weighted by atomic mass is 16.6. The lowest BCUT2D eigenvalue weighted by Gasteiger charge is -2.15. The zero-order valence-corrected chi connectivity index (χ0v) is 8.66. The van der Waals surface area contributed by atoms with Gasteiger partial charge in [-0.15, -0.1) is 0 Å². The first-order chi connectivity index (χ1) is 6.97. The summed E-state index contributed by atoms with van der Waals surface area (Å²) >= 11 is 0. The molecule has 1 rings (SSSR count). The molecule has 0 spiro atoms. The number of hydrogen-bond acceptors (Lipinski definition) is 6. The van der Waals surface area contributed by atoms with E-state index in [0.717, 1.165) is 0 Å². The van der Waals surface area contributed by atoms with Crippen molar-refractivity contribution >= 4 is 5.97 Å². The zero-order chi connectivity index (χ0) is 11.6. The highest BCUT2D eigenvalue weighted by molar-refractivity contribution is 5.76. The molecule has 1 fully saturated rings. The molecule has 0 saturated carbocycles. The molecule has 3 N–H and O–H groups in total. The second kappa shape index (κ2) is 4.89. The minimum absolute atomic E-state index is 0.321. The molecule has 1 aliphatic heterocycles. The van der Waals surface area contributed by atoms with Gasteiger partial charge in [0.25, 0.3) is 0 Å². The fourth-order valence-corrected chi connectivity index (χ4v) is 1.39. The zero-order valence-electron chi connectivity index (χ0n) is 8.66. The van der Waals surface area contributed by atoms with Crippen LogP contribution in [0.25, 0.3) is 0 Å². The Morgan fingerprint density at radius 2 is 2.00 bits per heavy atom. The number of ether oxygens (including phenoxy) is 2. The van der Waals surface area contributed by atoms with E-state index in [1.807, 2.05) is 0 Å². The Hall–Kier alpha value is -0.690. The smallest absolute Gasteiger partial charge is 0.338 e. The quantitative estimate of drug-likeness (QED) is 0.497. The van der Waals surface area contributed by atoms with Crippen LogP contribution in [0.1, 0.15) is 13.8 Å². The van der Waals surface area contributed by atoms with E-state index in [-0.39, 0.29) is 6.10 Å². The summed E-state index contributed by atoms with van der Waals surface area (Å²) in [5.41, 5.74) is 0. The van der Waals surface area contributed by atoms with Gasteiger partial charge in [0.2, 0.25) is 0 Å². The van der Waals surface area contributed by atoms with E-state index >= 15 is 0 Å². The van der Waals surface area contributed by atoms with Crippen molar-refractivity contribution < 1.29 is 29.6 Å². The molecule has 1 heterocycles. The molecule has 4 atom stereocenters. The van der Waals surface area contributed by atoms with E-state index in [0.29, 0.717) is 0 Å². The van der Waals surface area contributed by atoms with E-state index in [2.05, 4.69) is 0 Å². The van der Waals surface area contributed by atoms with Gasteiger partial charge in [-0.05, 0) is 13.8 Å². The van der Waals surface area contributed by atoms with E-state index in [1.54, 1.807) is 13.8 Å². The monoisotopic (exact) mass is 220 g/mol. The number of esters is 1. The lowest BCUT2D eigenvalue weighted by atomic mass is 10.1. The maximum absolute atomic E-state index is 11.4. The Morgan fingerprint density at radius 3 is 2.40 bits per heavy atom. The van der Waals surface area contributed by atoms with Gasteiger partial charge in [-0.2, -0.15) is 0 Å². The largest absolute Gasteiger partial charge is 0.461 e. The highest BCUT2D eigenvalue weighted by Gasteiger charge is 2.46. The summed E-state index contributed by atoms with van der Waals surface area (Å²) in [6.07, 6.45) is -5.10. The van der Waals surface area contributed by atoms with Crippen molar-refractivity contribution in [3.05, 3.63) is 0 Å². The minimum atomic E-state index is -1.35. The molecule has 0 radical (unpaired) electrons. The van der Waals surface area contributed by atoms with Gasteiger partial charge in [-0.25, -0.2) is 4.79 Å². The van der Waals surface area contributed by atoms with Gasteiger partial charge in [0, 0.05) is 0 Å². The average molecular weight is 220 g/mol. The van der Waals surface area contributed by atoms with Crippen molar-refractivity contribution in [2.24, 2.45) is 0 Å². The second-order valence-electron chi connectivity index (χ2n) is 3.74. The van der Waals surface area contributed by atoms with Crippen LogP contribution in [0.5, 0.6) is 0 Å². The van der Waals surface area contributed by atoms with Crippen molar-refractivity contribution in [3.63, 3.8) is 0 Å². The van der Waals surface area contributed by atoms with Gasteiger partial charge in [-0.1, -0.05) is 0 Å². The van der Waals surface area contributed by atoms with E-state index in [9.17, 15) is 15.0 Å². The summed E-state index contributed by atoms with van der Waals surface area (Å²) in [6.45, 7) is 2.88. The van der Waals surface area contributed by atoms with E-state index < -0.39 is 37.0 Å². The topological polar surface area (TPSA) is 96.2 Å². The molecular formula is C9H16O6. The molecule has 6 nitrogen and oxygen atoms in total. The first-order valence-electron chi connectivity index (χ1n) is 4.80. The standard InChI is InChI=1S/C9H16O6/c1-4(2)14-9(13)8-7(12)6(11)5(3-10)15-8/h4-8,10-12H,3H2,1-2H3/t5-,6-,7+,8+/m1/s1. The first-order valence-corrected chi connectivity index (χ1v) is 4.80. The summed E-state index contributed by atoms with van der Waals surface area (Å²) in [5, 5.41) is 27.6. The Morgan fingerprint density at radius 1 is 1.40 bits per heavy atom.